The molecule has 1 aliphatic rings. The van der Waals surface area contributed by atoms with Gasteiger partial charge >= 0.3 is 0 Å². The fraction of sp³-hybridized carbons (Fsp3) is 0.350. The Bertz CT molecular complexity index is 713. The predicted octanol–water partition coefficient (Wildman–Crippen LogP) is 4.90. The molecule has 1 saturated carbocycles. The summed E-state index contributed by atoms with van der Waals surface area (Å²) >= 11 is 5.87. The molecule has 0 bridgehead atoms. The van der Waals surface area contributed by atoms with Crippen LogP contribution in [0.3, 0.4) is 0 Å². The van der Waals surface area contributed by atoms with Crippen LogP contribution in [0, 0.1) is 11.7 Å². The first-order chi connectivity index (χ1) is 12.1. The number of rotatable bonds is 7. The van der Waals surface area contributed by atoms with Gasteiger partial charge in [0, 0.05) is 5.02 Å². The summed E-state index contributed by atoms with van der Waals surface area (Å²) in [7, 11) is 0. The van der Waals surface area contributed by atoms with Crippen LogP contribution in [-0.4, -0.2) is 12.0 Å². The summed E-state index contributed by atoms with van der Waals surface area (Å²) in [5.74, 6) is 0.583. The third-order valence-corrected chi connectivity index (χ3v) is 4.63. The van der Waals surface area contributed by atoms with Gasteiger partial charge in [0.25, 0.3) is 5.91 Å². The maximum absolute atomic E-state index is 13.2. The number of hydrogen-bond acceptors (Lipinski definition) is 2. The Morgan fingerprint density at radius 3 is 2.40 bits per heavy atom. The lowest BCUT2D eigenvalue weighted by Crippen LogP contribution is -2.40. The van der Waals surface area contributed by atoms with Crippen molar-refractivity contribution in [1.29, 1.82) is 0 Å². The van der Waals surface area contributed by atoms with E-state index in [0.29, 0.717) is 23.1 Å². The van der Waals surface area contributed by atoms with Crippen molar-refractivity contribution in [2.45, 2.75) is 38.3 Å². The Hall–Kier alpha value is -2.07. The fourth-order valence-corrected chi connectivity index (χ4v) is 2.94. The zero-order valence-electron chi connectivity index (χ0n) is 14.0. The molecule has 2 aromatic rings. The van der Waals surface area contributed by atoms with Crippen LogP contribution < -0.4 is 10.1 Å². The van der Waals surface area contributed by atoms with Crippen molar-refractivity contribution >= 4 is 17.5 Å². The predicted molar refractivity (Wildman–Crippen MR) is 96.2 cm³/mol. The Morgan fingerprint density at radius 2 is 1.84 bits per heavy atom. The standard InChI is InChI=1S/C20H21ClFNO2/c1-2-18(25-17-11-7-15(21)8-12-17)20(24)23-19(13-3-4-13)14-5-9-16(22)10-6-14/h5-13,18-19H,2-4H2,1H3,(H,23,24). The lowest BCUT2D eigenvalue weighted by Gasteiger charge is -2.23. The number of halogens is 2. The Kier molecular flexibility index (Phi) is 5.59. The smallest absolute Gasteiger partial charge is 0.261 e. The third kappa shape index (κ3) is 4.73. The summed E-state index contributed by atoms with van der Waals surface area (Å²) < 4.78 is 19.0. The molecule has 2 atom stereocenters. The fourth-order valence-electron chi connectivity index (χ4n) is 2.82. The van der Waals surface area contributed by atoms with E-state index in [9.17, 15) is 9.18 Å². The average molecular weight is 362 g/mol. The Balaban J connectivity index is 1.68. The lowest BCUT2D eigenvalue weighted by molar-refractivity contribution is -0.129. The van der Waals surface area contributed by atoms with Crippen LogP contribution in [0.5, 0.6) is 5.75 Å². The summed E-state index contributed by atoms with van der Waals surface area (Å²) in [5.41, 5.74) is 0.929. The van der Waals surface area contributed by atoms with Crippen LogP contribution >= 0.6 is 11.6 Å². The molecule has 3 rings (SSSR count). The van der Waals surface area contributed by atoms with Gasteiger partial charge in [-0.1, -0.05) is 30.7 Å². The first kappa shape index (κ1) is 17.7. The minimum atomic E-state index is -0.581. The van der Waals surface area contributed by atoms with E-state index >= 15 is 0 Å². The zero-order chi connectivity index (χ0) is 17.8. The highest BCUT2D eigenvalue weighted by molar-refractivity contribution is 6.30. The van der Waals surface area contributed by atoms with Gasteiger partial charge in [0.1, 0.15) is 11.6 Å². The average Bonchev–Trinajstić information content (AvgIpc) is 3.45. The SMILES string of the molecule is CCC(Oc1ccc(Cl)cc1)C(=O)NC(c1ccc(F)cc1)C1CC1. The quantitative estimate of drug-likeness (QED) is 0.761. The topological polar surface area (TPSA) is 38.3 Å². The van der Waals surface area contributed by atoms with E-state index < -0.39 is 6.10 Å². The number of hydrogen-bond donors (Lipinski definition) is 1. The second-order valence-electron chi connectivity index (χ2n) is 6.34. The number of nitrogens with one attached hydrogen (secondary N) is 1. The van der Waals surface area contributed by atoms with E-state index in [2.05, 4.69) is 5.32 Å². The Morgan fingerprint density at radius 1 is 1.20 bits per heavy atom. The van der Waals surface area contributed by atoms with Crippen LogP contribution in [0.4, 0.5) is 4.39 Å². The van der Waals surface area contributed by atoms with Gasteiger partial charge in [-0.05, 0) is 67.1 Å². The van der Waals surface area contributed by atoms with E-state index in [1.54, 1.807) is 36.4 Å². The highest BCUT2D eigenvalue weighted by Crippen LogP contribution is 2.41. The molecular weight excluding hydrogens is 341 g/mol. The molecule has 0 aromatic heterocycles. The van der Waals surface area contributed by atoms with Gasteiger partial charge in [-0.2, -0.15) is 0 Å². The molecule has 0 saturated heterocycles. The van der Waals surface area contributed by atoms with Crippen molar-refractivity contribution in [3.8, 4) is 5.75 Å². The Labute approximate surface area is 152 Å². The molecule has 3 nitrogen and oxygen atoms in total. The number of amides is 1. The molecule has 132 valence electrons. The molecule has 25 heavy (non-hydrogen) atoms. The van der Waals surface area contributed by atoms with Crippen LogP contribution in [-0.2, 0) is 4.79 Å². The molecule has 1 N–H and O–H groups in total. The second kappa shape index (κ2) is 7.87. The van der Waals surface area contributed by atoms with Gasteiger partial charge < -0.3 is 10.1 Å². The molecule has 0 radical (unpaired) electrons. The molecule has 2 unspecified atom stereocenters. The maximum Gasteiger partial charge on any atom is 0.261 e. The number of carbonyl (C=O) groups is 1. The highest BCUT2D eigenvalue weighted by atomic mass is 35.5. The van der Waals surface area contributed by atoms with Crippen molar-refractivity contribution in [1.82, 2.24) is 5.32 Å². The van der Waals surface area contributed by atoms with Crippen LogP contribution in [0.25, 0.3) is 0 Å². The van der Waals surface area contributed by atoms with Crippen molar-refractivity contribution in [3.63, 3.8) is 0 Å². The summed E-state index contributed by atoms with van der Waals surface area (Å²) in [6, 6.07) is 13.2. The molecule has 0 spiro atoms. The van der Waals surface area contributed by atoms with E-state index in [1.165, 1.54) is 12.1 Å². The molecule has 1 aliphatic carbocycles. The molecule has 2 aromatic carbocycles. The maximum atomic E-state index is 13.2. The second-order valence-corrected chi connectivity index (χ2v) is 6.78. The molecule has 1 fully saturated rings. The van der Waals surface area contributed by atoms with Crippen LogP contribution in [0.2, 0.25) is 5.02 Å². The normalized spacial score (nSPS) is 16.1. The van der Waals surface area contributed by atoms with Crippen LogP contribution in [0.1, 0.15) is 37.8 Å². The van der Waals surface area contributed by atoms with Gasteiger partial charge in [0.05, 0.1) is 6.04 Å². The van der Waals surface area contributed by atoms with Crippen molar-refractivity contribution in [2.75, 3.05) is 0 Å². The first-order valence-electron chi connectivity index (χ1n) is 8.55. The monoisotopic (exact) mass is 361 g/mol. The number of ether oxygens (including phenoxy) is 1. The highest BCUT2D eigenvalue weighted by Gasteiger charge is 2.34. The number of carbonyl (C=O) groups excluding carboxylic acids is 1. The van der Waals surface area contributed by atoms with Crippen molar-refractivity contribution in [2.24, 2.45) is 5.92 Å². The summed E-state index contributed by atoms with van der Waals surface area (Å²) in [6.45, 7) is 1.91. The minimum absolute atomic E-state index is 0.101. The van der Waals surface area contributed by atoms with Crippen molar-refractivity contribution in [3.05, 3.63) is 64.9 Å². The summed E-state index contributed by atoms with van der Waals surface area (Å²) in [6.07, 6.45) is 2.10. The van der Waals surface area contributed by atoms with Crippen LogP contribution in [0.15, 0.2) is 48.5 Å². The van der Waals surface area contributed by atoms with Gasteiger partial charge in [-0.3, -0.25) is 4.79 Å². The largest absolute Gasteiger partial charge is 0.481 e. The van der Waals surface area contributed by atoms with E-state index in [-0.39, 0.29) is 17.8 Å². The number of benzene rings is 2. The molecular formula is C20H21ClFNO2. The van der Waals surface area contributed by atoms with Gasteiger partial charge in [0.15, 0.2) is 6.10 Å². The summed E-state index contributed by atoms with van der Waals surface area (Å²) in [4.78, 5) is 12.7. The van der Waals surface area contributed by atoms with Gasteiger partial charge in [-0.25, -0.2) is 4.39 Å². The van der Waals surface area contributed by atoms with E-state index in [1.807, 2.05) is 6.92 Å². The molecule has 1 amide bonds. The molecule has 5 heteroatoms. The third-order valence-electron chi connectivity index (χ3n) is 4.38. The first-order valence-corrected chi connectivity index (χ1v) is 8.92. The zero-order valence-corrected chi connectivity index (χ0v) is 14.8. The summed E-state index contributed by atoms with van der Waals surface area (Å²) in [5, 5.41) is 3.71. The molecule has 0 heterocycles. The molecule has 0 aliphatic heterocycles. The lowest BCUT2D eigenvalue weighted by atomic mass is 10.0. The van der Waals surface area contributed by atoms with E-state index in [0.717, 1.165) is 18.4 Å². The van der Waals surface area contributed by atoms with Crippen molar-refractivity contribution < 1.29 is 13.9 Å². The minimum Gasteiger partial charge on any atom is -0.481 e. The van der Waals surface area contributed by atoms with E-state index in [4.69, 9.17) is 16.3 Å². The van der Waals surface area contributed by atoms with Gasteiger partial charge in [-0.15, -0.1) is 0 Å². The van der Waals surface area contributed by atoms with Gasteiger partial charge in [0.2, 0.25) is 0 Å².